The third-order valence-corrected chi connectivity index (χ3v) is 6.73. The van der Waals surface area contributed by atoms with E-state index in [1.807, 2.05) is 19.2 Å². The molecular weight excluding hydrogens is 387 g/mol. The lowest BCUT2D eigenvalue weighted by atomic mass is 10.0. The van der Waals surface area contributed by atoms with Crippen molar-refractivity contribution in [2.24, 2.45) is 0 Å². The van der Waals surface area contributed by atoms with E-state index in [9.17, 15) is 14.3 Å². The number of amides is 1. The van der Waals surface area contributed by atoms with Crippen LogP contribution >= 0.6 is 11.8 Å². The summed E-state index contributed by atoms with van der Waals surface area (Å²) in [5, 5.41) is 14.8. The summed E-state index contributed by atoms with van der Waals surface area (Å²) in [6.45, 7) is 4.39. The van der Waals surface area contributed by atoms with Crippen LogP contribution in [0, 0.1) is 5.82 Å². The Bertz CT molecular complexity index is 1030. The van der Waals surface area contributed by atoms with Gasteiger partial charge in [-0.25, -0.2) is 4.39 Å². The number of rotatable bonds is 4. The van der Waals surface area contributed by atoms with Crippen molar-refractivity contribution in [3.63, 3.8) is 0 Å². The zero-order valence-corrected chi connectivity index (χ0v) is 17.3. The van der Waals surface area contributed by atoms with Crippen LogP contribution in [-0.2, 0) is 4.79 Å². The number of nitrogens with zero attached hydrogens (tertiary/aromatic N) is 1. The van der Waals surface area contributed by atoms with E-state index in [1.165, 1.54) is 31.4 Å². The Kier molecular flexibility index (Phi) is 5.81. The van der Waals surface area contributed by atoms with Crippen molar-refractivity contribution in [2.45, 2.75) is 36.3 Å². The van der Waals surface area contributed by atoms with Gasteiger partial charge in [0.2, 0.25) is 5.91 Å². The number of phenolic OH excluding ortho intramolecular Hbond substituents is 1. The lowest BCUT2D eigenvalue weighted by Crippen LogP contribution is -2.29. The maximum atomic E-state index is 13.4. The quantitative estimate of drug-likeness (QED) is 0.811. The molecule has 0 spiro atoms. The Morgan fingerprint density at radius 2 is 1.97 bits per heavy atom. The number of carbonyl (C=O) groups excluding carboxylic acids is 1. The third-order valence-electron chi connectivity index (χ3n) is 5.39. The molecule has 0 aliphatic carbocycles. The number of halogens is 1. The lowest BCUT2D eigenvalue weighted by Gasteiger charge is -2.24. The molecule has 2 N–H and O–H groups in total. The Morgan fingerprint density at radius 1 is 1.24 bits per heavy atom. The average Bonchev–Trinajstić information content (AvgIpc) is 3.08. The summed E-state index contributed by atoms with van der Waals surface area (Å²) >= 11 is 1.57. The molecular formula is C23H25FN2O2S. The van der Waals surface area contributed by atoms with Crippen LogP contribution in [0.4, 0.5) is 4.39 Å². The van der Waals surface area contributed by atoms with E-state index in [-0.39, 0.29) is 22.7 Å². The molecule has 2 aliphatic heterocycles. The van der Waals surface area contributed by atoms with E-state index in [2.05, 4.69) is 10.2 Å². The monoisotopic (exact) mass is 412 g/mol. The van der Waals surface area contributed by atoms with Crippen LogP contribution in [0.5, 0.6) is 5.75 Å². The number of fused-ring (bicyclic) bond motifs is 1. The first kappa shape index (κ1) is 19.8. The van der Waals surface area contributed by atoms with Crippen molar-refractivity contribution in [2.75, 3.05) is 19.6 Å². The molecule has 6 heteroatoms. The Labute approximate surface area is 174 Å². The van der Waals surface area contributed by atoms with Crippen LogP contribution in [0.15, 0.2) is 41.3 Å². The second-order valence-corrected chi connectivity index (χ2v) is 8.60. The molecule has 0 radical (unpaired) electrons. The minimum atomic E-state index is -0.301. The highest BCUT2D eigenvalue weighted by Crippen LogP contribution is 2.44. The molecule has 29 heavy (non-hydrogen) atoms. The Morgan fingerprint density at radius 3 is 2.66 bits per heavy atom. The van der Waals surface area contributed by atoms with Crippen LogP contribution in [0.2, 0.25) is 0 Å². The van der Waals surface area contributed by atoms with Crippen LogP contribution in [-0.4, -0.2) is 35.5 Å². The molecule has 152 valence electrons. The van der Waals surface area contributed by atoms with Gasteiger partial charge in [-0.15, -0.1) is 11.8 Å². The van der Waals surface area contributed by atoms with Crippen molar-refractivity contribution < 1.29 is 14.3 Å². The van der Waals surface area contributed by atoms with Crippen molar-refractivity contribution >= 4 is 29.4 Å². The number of phenols is 1. The van der Waals surface area contributed by atoms with Crippen molar-refractivity contribution in [1.82, 2.24) is 10.2 Å². The molecule has 1 fully saturated rings. The summed E-state index contributed by atoms with van der Waals surface area (Å²) < 4.78 is 13.4. The smallest absolute Gasteiger partial charge is 0.249 e. The predicted octanol–water partition coefficient (Wildman–Crippen LogP) is 2.89. The molecule has 1 unspecified atom stereocenters. The van der Waals surface area contributed by atoms with Gasteiger partial charge in [0.15, 0.2) is 0 Å². The number of hydrogen-bond donors (Lipinski definition) is 2. The Hall–Kier alpha value is -2.47. The highest BCUT2D eigenvalue weighted by atomic mass is 32.2. The molecule has 2 aromatic rings. The highest BCUT2D eigenvalue weighted by molar-refractivity contribution is 8.00. The first-order valence-corrected chi connectivity index (χ1v) is 11.0. The van der Waals surface area contributed by atoms with Crippen LogP contribution in [0.25, 0.3) is 11.8 Å². The van der Waals surface area contributed by atoms with Gasteiger partial charge in [-0.1, -0.05) is 12.1 Å². The van der Waals surface area contributed by atoms with E-state index in [1.54, 1.807) is 30.0 Å². The van der Waals surface area contributed by atoms with Crippen LogP contribution in [0.3, 0.4) is 0 Å². The highest BCUT2D eigenvalue weighted by Gasteiger charge is 2.31. The fourth-order valence-corrected chi connectivity index (χ4v) is 5.33. The minimum absolute atomic E-state index is 0.153. The summed E-state index contributed by atoms with van der Waals surface area (Å²) in [5.41, 5.74) is 1.48. The number of likely N-dealkylation sites (tertiary alicyclic amines) is 1. The minimum Gasteiger partial charge on any atom is -0.507 e. The fourth-order valence-electron chi connectivity index (χ4n) is 3.94. The van der Waals surface area contributed by atoms with Gasteiger partial charge in [-0.3, -0.25) is 4.79 Å². The number of nitrogens with one attached hydrogen (secondary N) is 1. The Balaban J connectivity index is 1.80. The zero-order chi connectivity index (χ0) is 20.4. The molecule has 2 aliphatic rings. The number of carbonyl (C=O) groups is 1. The van der Waals surface area contributed by atoms with Crippen LogP contribution < -0.4 is 15.8 Å². The van der Waals surface area contributed by atoms with E-state index in [4.69, 9.17) is 0 Å². The standard InChI is InChI=1S/C23H25FN2O2S/c1-2-25-23(28)21-18-13-19(27)16(14-26-10-4-3-5-11-26)12-20(18)29-22(21)15-6-8-17(24)9-7-15/h6-9,12-14,22,27H,2-5,10-11H2,1H3,(H,25,28). The van der Waals surface area contributed by atoms with Gasteiger partial charge in [0, 0.05) is 46.7 Å². The molecule has 1 saturated heterocycles. The van der Waals surface area contributed by atoms with E-state index >= 15 is 0 Å². The first-order chi connectivity index (χ1) is 14.1. The van der Waals surface area contributed by atoms with Gasteiger partial charge < -0.3 is 15.3 Å². The number of aromatic hydroxyl groups is 1. The fraction of sp³-hybridized carbons (Fsp3) is 0.348. The van der Waals surface area contributed by atoms with E-state index in [0.717, 1.165) is 34.0 Å². The third kappa shape index (κ3) is 4.13. The molecule has 4 nitrogen and oxygen atoms in total. The molecule has 1 amide bonds. The maximum absolute atomic E-state index is 13.4. The normalized spacial score (nSPS) is 19.4. The van der Waals surface area contributed by atoms with Crippen LogP contribution in [0.1, 0.15) is 37.0 Å². The van der Waals surface area contributed by atoms with Crippen molar-refractivity contribution in [1.29, 1.82) is 0 Å². The molecule has 1 atom stereocenters. The second kappa shape index (κ2) is 8.49. The number of piperidine rings is 1. The number of thioether (sulfide) groups is 1. The largest absolute Gasteiger partial charge is 0.507 e. The summed E-state index contributed by atoms with van der Waals surface area (Å²) in [4.78, 5) is 16.0. The summed E-state index contributed by atoms with van der Waals surface area (Å²) in [5.74, 6) is -0.276. The molecule has 0 saturated carbocycles. The van der Waals surface area contributed by atoms with Gasteiger partial charge in [0.05, 0.1) is 5.25 Å². The van der Waals surface area contributed by atoms with Gasteiger partial charge in [-0.05, 0) is 56.0 Å². The van der Waals surface area contributed by atoms with Gasteiger partial charge in [-0.2, -0.15) is 0 Å². The SMILES string of the molecule is CCNC(=O)C1=c2cc(O)c(=CN3CCCCC3)cc2SC1c1ccc(F)cc1. The van der Waals surface area contributed by atoms with Gasteiger partial charge >= 0.3 is 0 Å². The second-order valence-electron chi connectivity index (χ2n) is 7.46. The van der Waals surface area contributed by atoms with Crippen molar-refractivity contribution in [3.05, 3.63) is 58.2 Å². The zero-order valence-electron chi connectivity index (χ0n) is 16.5. The number of hydrogen-bond acceptors (Lipinski definition) is 4. The lowest BCUT2D eigenvalue weighted by molar-refractivity contribution is -0.115. The number of benzene rings is 2. The molecule has 4 rings (SSSR count). The maximum Gasteiger partial charge on any atom is 0.249 e. The average molecular weight is 413 g/mol. The summed E-state index contributed by atoms with van der Waals surface area (Å²) in [6.07, 6.45) is 5.60. The van der Waals surface area contributed by atoms with E-state index < -0.39 is 0 Å². The van der Waals surface area contributed by atoms with Gasteiger partial charge in [0.1, 0.15) is 11.6 Å². The molecule has 0 aromatic heterocycles. The van der Waals surface area contributed by atoms with Gasteiger partial charge in [0.25, 0.3) is 0 Å². The molecule has 2 aromatic carbocycles. The molecule has 0 bridgehead atoms. The van der Waals surface area contributed by atoms with E-state index in [0.29, 0.717) is 12.1 Å². The first-order valence-electron chi connectivity index (χ1n) is 10.1. The molecule has 2 heterocycles. The van der Waals surface area contributed by atoms with Crippen molar-refractivity contribution in [3.8, 4) is 5.75 Å². The predicted molar refractivity (Wildman–Crippen MR) is 114 cm³/mol. The summed E-state index contributed by atoms with van der Waals surface area (Å²) in [7, 11) is 0. The topological polar surface area (TPSA) is 52.6 Å². The summed E-state index contributed by atoms with van der Waals surface area (Å²) in [6, 6.07) is 9.94.